The van der Waals surface area contributed by atoms with Crippen molar-refractivity contribution in [2.45, 2.75) is 13.3 Å². The highest BCUT2D eigenvalue weighted by molar-refractivity contribution is 9.10. The highest BCUT2D eigenvalue weighted by Crippen LogP contribution is 2.34. The molecule has 3 rings (SSSR count). The zero-order valence-corrected chi connectivity index (χ0v) is 12.8. The Labute approximate surface area is 123 Å². The lowest BCUT2D eigenvalue weighted by Crippen LogP contribution is -1.81. The Morgan fingerprint density at radius 2 is 2.16 bits per heavy atom. The Morgan fingerprint density at radius 1 is 1.32 bits per heavy atom. The summed E-state index contributed by atoms with van der Waals surface area (Å²) in [4.78, 5) is 17.2. The maximum atomic E-state index is 11.4. The van der Waals surface area contributed by atoms with Crippen LogP contribution in [0.25, 0.3) is 21.5 Å². The molecule has 0 radical (unpaired) electrons. The van der Waals surface area contributed by atoms with Crippen molar-refractivity contribution in [2.24, 2.45) is 0 Å². The van der Waals surface area contributed by atoms with E-state index in [9.17, 15) is 4.79 Å². The number of hydrogen-bond acceptors (Lipinski definition) is 2. The molecular weight excluding hydrogens is 322 g/mol. The molecule has 4 heteroatoms. The summed E-state index contributed by atoms with van der Waals surface area (Å²) in [6.07, 6.45) is 1.96. The Hall–Kier alpha value is -1.39. The van der Waals surface area contributed by atoms with E-state index < -0.39 is 0 Å². The van der Waals surface area contributed by atoms with Crippen LogP contribution in [0.3, 0.4) is 0 Å². The van der Waals surface area contributed by atoms with Crippen LogP contribution in [0.5, 0.6) is 0 Å². The highest BCUT2D eigenvalue weighted by Gasteiger charge is 2.14. The largest absolute Gasteiger partial charge is 0.353 e. The number of rotatable bonds is 3. The summed E-state index contributed by atoms with van der Waals surface area (Å²) in [6.45, 7) is 2.14. The monoisotopic (exact) mass is 333 g/mol. The first-order valence-corrected chi connectivity index (χ1v) is 7.69. The number of H-pyrrole nitrogens is 1. The van der Waals surface area contributed by atoms with Crippen LogP contribution < -0.4 is 0 Å². The van der Waals surface area contributed by atoms with E-state index >= 15 is 0 Å². The van der Waals surface area contributed by atoms with Gasteiger partial charge in [0.15, 0.2) is 6.29 Å². The quantitative estimate of drug-likeness (QED) is 0.669. The summed E-state index contributed by atoms with van der Waals surface area (Å²) in [6, 6.07) is 10.1. The predicted octanol–water partition coefficient (Wildman–Crippen LogP) is 5.03. The lowest BCUT2D eigenvalue weighted by molar-refractivity contribution is 0.112. The number of benzene rings is 1. The van der Waals surface area contributed by atoms with Gasteiger partial charge in [0.2, 0.25) is 0 Å². The van der Waals surface area contributed by atoms with Crippen LogP contribution in [-0.2, 0) is 6.42 Å². The van der Waals surface area contributed by atoms with Crippen LogP contribution in [-0.4, -0.2) is 11.3 Å². The van der Waals surface area contributed by atoms with E-state index in [1.54, 1.807) is 11.3 Å². The van der Waals surface area contributed by atoms with E-state index in [0.29, 0.717) is 0 Å². The SMILES string of the molecule is CCc1ccc(-c2[nH]c3ccc(Br)cc3c2C=O)s1. The van der Waals surface area contributed by atoms with Crippen LogP contribution >= 0.6 is 27.3 Å². The number of hydrogen-bond donors (Lipinski definition) is 1. The molecule has 0 bridgehead atoms. The average Bonchev–Trinajstić information content (AvgIpc) is 3.01. The molecule has 2 nitrogen and oxygen atoms in total. The van der Waals surface area contributed by atoms with E-state index in [4.69, 9.17) is 0 Å². The lowest BCUT2D eigenvalue weighted by atomic mass is 10.1. The molecule has 0 amide bonds. The molecule has 1 N–H and O–H groups in total. The molecule has 0 aliphatic carbocycles. The summed E-state index contributed by atoms with van der Waals surface area (Å²) >= 11 is 5.18. The molecule has 2 heterocycles. The molecule has 19 heavy (non-hydrogen) atoms. The van der Waals surface area contributed by atoms with E-state index in [1.807, 2.05) is 18.2 Å². The van der Waals surface area contributed by atoms with Gasteiger partial charge < -0.3 is 4.98 Å². The standard InChI is InChI=1S/C15H12BrNOS/c1-2-10-4-6-14(19-10)15-12(8-18)11-7-9(16)3-5-13(11)17-15/h3-8,17H,2H2,1H3. The van der Waals surface area contributed by atoms with Crippen molar-refractivity contribution in [1.82, 2.24) is 4.98 Å². The zero-order valence-electron chi connectivity index (χ0n) is 10.4. The van der Waals surface area contributed by atoms with Gasteiger partial charge in [-0.25, -0.2) is 0 Å². The van der Waals surface area contributed by atoms with Crippen molar-refractivity contribution in [2.75, 3.05) is 0 Å². The summed E-state index contributed by atoms with van der Waals surface area (Å²) in [7, 11) is 0. The van der Waals surface area contributed by atoms with E-state index in [-0.39, 0.29) is 0 Å². The van der Waals surface area contributed by atoms with Crippen LogP contribution in [0.1, 0.15) is 22.2 Å². The average molecular weight is 334 g/mol. The summed E-state index contributed by atoms with van der Waals surface area (Å²) in [5.74, 6) is 0. The van der Waals surface area contributed by atoms with Gasteiger partial charge in [-0.15, -0.1) is 11.3 Å². The number of nitrogens with one attached hydrogen (secondary N) is 1. The molecule has 96 valence electrons. The lowest BCUT2D eigenvalue weighted by Gasteiger charge is -1.94. The minimum absolute atomic E-state index is 0.737. The molecule has 0 saturated carbocycles. The van der Waals surface area contributed by atoms with Gasteiger partial charge in [-0.05, 0) is 36.8 Å². The molecule has 0 spiro atoms. The maximum Gasteiger partial charge on any atom is 0.152 e. The third-order valence-corrected chi connectivity index (χ3v) is 4.92. The first-order chi connectivity index (χ1) is 9.22. The third-order valence-electron chi connectivity index (χ3n) is 3.18. The van der Waals surface area contributed by atoms with E-state index in [0.717, 1.165) is 44.2 Å². The molecule has 0 aliphatic heterocycles. The van der Waals surface area contributed by atoms with Crippen molar-refractivity contribution >= 4 is 44.5 Å². The first kappa shape index (κ1) is 12.6. The van der Waals surface area contributed by atoms with Crippen molar-refractivity contribution in [3.63, 3.8) is 0 Å². The van der Waals surface area contributed by atoms with Crippen LogP contribution in [0.15, 0.2) is 34.8 Å². The van der Waals surface area contributed by atoms with E-state index in [1.165, 1.54) is 4.88 Å². The third kappa shape index (κ3) is 2.15. The number of aryl methyl sites for hydroxylation is 1. The number of carbonyl (C=O) groups is 1. The van der Waals surface area contributed by atoms with Crippen molar-refractivity contribution in [1.29, 1.82) is 0 Å². The minimum Gasteiger partial charge on any atom is -0.353 e. The zero-order chi connectivity index (χ0) is 13.4. The smallest absolute Gasteiger partial charge is 0.152 e. The summed E-state index contributed by atoms with van der Waals surface area (Å²) in [5, 5.41) is 0.964. The van der Waals surface area contributed by atoms with Gasteiger partial charge in [0, 0.05) is 25.8 Å². The molecule has 0 saturated heterocycles. The molecule has 1 aromatic carbocycles. The summed E-state index contributed by atoms with van der Waals surface area (Å²) < 4.78 is 0.981. The second-order valence-electron chi connectivity index (χ2n) is 4.34. The molecule has 0 atom stereocenters. The molecule has 3 aromatic rings. The fourth-order valence-corrected chi connectivity index (χ4v) is 3.53. The van der Waals surface area contributed by atoms with Gasteiger partial charge >= 0.3 is 0 Å². The first-order valence-electron chi connectivity index (χ1n) is 6.08. The normalized spacial score (nSPS) is 11.1. The highest BCUT2D eigenvalue weighted by atomic mass is 79.9. The van der Waals surface area contributed by atoms with Gasteiger partial charge in [-0.2, -0.15) is 0 Å². The van der Waals surface area contributed by atoms with Crippen molar-refractivity contribution < 1.29 is 4.79 Å². The van der Waals surface area contributed by atoms with Gasteiger partial charge in [0.25, 0.3) is 0 Å². The Kier molecular flexibility index (Phi) is 3.29. The maximum absolute atomic E-state index is 11.4. The van der Waals surface area contributed by atoms with Crippen LogP contribution in [0.4, 0.5) is 0 Å². The van der Waals surface area contributed by atoms with Gasteiger partial charge in [0.1, 0.15) is 0 Å². The number of aromatic amines is 1. The molecule has 0 unspecified atom stereocenters. The number of halogens is 1. The van der Waals surface area contributed by atoms with Crippen LogP contribution in [0, 0.1) is 0 Å². The minimum atomic E-state index is 0.737. The Bertz CT molecular complexity index is 757. The second-order valence-corrected chi connectivity index (χ2v) is 6.42. The Morgan fingerprint density at radius 3 is 2.84 bits per heavy atom. The molecular formula is C15H12BrNOS. The van der Waals surface area contributed by atoms with Gasteiger partial charge in [0.05, 0.1) is 10.6 Å². The predicted molar refractivity (Wildman–Crippen MR) is 84.1 cm³/mol. The van der Waals surface area contributed by atoms with Gasteiger partial charge in [-0.1, -0.05) is 22.9 Å². The van der Waals surface area contributed by atoms with Gasteiger partial charge in [-0.3, -0.25) is 4.79 Å². The fourth-order valence-electron chi connectivity index (χ4n) is 2.20. The van der Waals surface area contributed by atoms with Crippen molar-refractivity contribution in [3.05, 3.63) is 45.2 Å². The second kappa shape index (κ2) is 4.94. The number of thiophene rings is 1. The number of fused-ring (bicyclic) bond motifs is 1. The van der Waals surface area contributed by atoms with Crippen LogP contribution in [0.2, 0.25) is 0 Å². The number of carbonyl (C=O) groups excluding carboxylic acids is 1. The fraction of sp³-hybridized carbons (Fsp3) is 0.133. The number of aldehydes is 1. The number of aromatic nitrogens is 1. The summed E-state index contributed by atoms with van der Waals surface area (Å²) in [5.41, 5.74) is 2.65. The molecule has 2 aromatic heterocycles. The van der Waals surface area contributed by atoms with E-state index in [2.05, 4.69) is 40.0 Å². The topological polar surface area (TPSA) is 32.9 Å². The Balaban J connectivity index is 2.25. The molecule has 0 aliphatic rings. The molecule has 0 fully saturated rings. The van der Waals surface area contributed by atoms with Crippen molar-refractivity contribution in [3.8, 4) is 10.6 Å².